The Balaban J connectivity index is 1.99. The number of benzene rings is 1. The summed E-state index contributed by atoms with van der Waals surface area (Å²) in [4.78, 5) is 26.1. The van der Waals surface area contributed by atoms with Gasteiger partial charge in [0.2, 0.25) is 12.7 Å². The highest BCUT2D eigenvalue weighted by molar-refractivity contribution is 5.78. The fraction of sp³-hybridized carbons (Fsp3) is 0.600. The number of esters is 1. The average molecular weight is 363 g/mol. The van der Waals surface area contributed by atoms with Gasteiger partial charge in [-0.3, -0.25) is 9.59 Å². The number of carbonyl (C=O) groups excluding carboxylic acids is 2. The van der Waals surface area contributed by atoms with Crippen molar-refractivity contribution in [2.45, 2.75) is 65.5 Å². The van der Waals surface area contributed by atoms with E-state index in [1.165, 1.54) is 0 Å². The number of likely N-dealkylation sites (N-methyl/N-ethyl adjacent to an activating group) is 1. The largest absolute Gasteiger partial charge is 0.459 e. The molecule has 1 amide bonds. The van der Waals surface area contributed by atoms with E-state index in [0.717, 1.165) is 17.1 Å². The molecule has 1 aromatic carbocycles. The number of fused-ring (bicyclic) bond motifs is 1. The van der Waals surface area contributed by atoms with Gasteiger partial charge in [-0.25, -0.2) is 0 Å². The zero-order valence-corrected chi connectivity index (χ0v) is 16.3. The summed E-state index contributed by atoms with van der Waals surface area (Å²) in [5.41, 5.74) is 0.278. The van der Waals surface area contributed by atoms with Crippen molar-refractivity contribution in [2.75, 3.05) is 13.3 Å². The number of amides is 1. The number of carbonyl (C=O) groups is 2. The van der Waals surface area contributed by atoms with Gasteiger partial charge in [-0.1, -0.05) is 13.0 Å². The van der Waals surface area contributed by atoms with E-state index in [4.69, 9.17) is 14.2 Å². The normalized spacial score (nSPS) is 14.0. The van der Waals surface area contributed by atoms with E-state index in [-0.39, 0.29) is 31.1 Å². The van der Waals surface area contributed by atoms with E-state index in [0.29, 0.717) is 19.4 Å². The number of hydrogen-bond acceptors (Lipinski definition) is 5. The third-order valence-corrected chi connectivity index (χ3v) is 4.42. The van der Waals surface area contributed by atoms with E-state index in [2.05, 4.69) is 0 Å². The highest BCUT2D eigenvalue weighted by Gasteiger charge is 2.30. The summed E-state index contributed by atoms with van der Waals surface area (Å²) in [5, 5.41) is 0. The summed E-state index contributed by atoms with van der Waals surface area (Å²) in [7, 11) is 0. The predicted octanol–water partition coefficient (Wildman–Crippen LogP) is 3.32. The molecule has 0 aliphatic carbocycles. The Morgan fingerprint density at radius 3 is 2.58 bits per heavy atom. The molecule has 1 atom stereocenters. The van der Waals surface area contributed by atoms with Crippen LogP contribution in [0.5, 0.6) is 11.5 Å². The molecule has 0 bridgehead atoms. The SMILES string of the molecule is CCC(=O)OC(C)(C)CC(=O)N(CC)C(C)Cc1ccc2c(c1)OCO2. The molecule has 0 aromatic heterocycles. The van der Waals surface area contributed by atoms with Gasteiger partial charge in [0.1, 0.15) is 5.60 Å². The van der Waals surface area contributed by atoms with Crippen molar-refractivity contribution in [2.24, 2.45) is 0 Å². The van der Waals surface area contributed by atoms with Crippen LogP contribution < -0.4 is 9.47 Å². The van der Waals surface area contributed by atoms with Crippen LogP contribution in [0.4, 0.5) is 0 Å². The number of ether oxygens (including phenoxy) is 3. The molecule has 1 aliphatic heterocycles. The van der Waals surface area contributed by atoms with Crippen molar-refractivity contribution in [1.82, 2.24) is 4.90 Å². The van der Waals surface area contributed by atoms with Crippen molar-refractivity contribution in [1.29, 1.82) is 0 Å². The van der Waals surface area contributed by atoms with Crippen LogP contribution in [-0.4, -0.2) is 41.8 Å². The summed E-state index contributed by atoms with van der Waals surface area (Å²) >= 11 is 0. The molecule has 0 saturated carbocycles. The van der Waals surface area contributed by atoms with Crippen molar-refractivity contribution in [3.8, 4) is 11.5 Å². The monoisotopic (exact) mass is 363 g/mol. The zero-order chi connectivity index (χ0) is 19.3. The lowest BCUT2D eigenvalue weighted by atomic mass is 10.0. The lowest BCUT2D eigenvalue weighted by Gasteiger charge is -2.32. The Bertz CT molecular complexity index is 656. The third kappa shape index (κ3) is 5.13. The first-order chi connectivity index (χ1) is 12.3. The molecule has 1 aromatic rings. The molecule has 1 unspecified atom stereocenters. The molecular formula is C20H29NO5. The maximum absolute atomic E-state index is 12.8. The van der Waals surface area contributed by atoms with Crippen LogP contribution in [0.15, 0.2) is 18.2 Å². The maximum atomic E-state index is 12.8. The molecule has 0 radical (unpaired) electrons. The molecule has 26 heavy (non-hydrogen) atoms. The van der Waals surface area contributed by atoms with E-state index < -0.39 is 5.60 Å². The Morgan fingerprint density at radius 1 is 1.23 bits per heavy atom. The quantitative estimate of drug-likeness (QED) is 0.663. The highest BCUT2D eigenvalue weighted by atomic mass is 16.7. The molecule has 0 N–H and O–H groups in total. The van der Waals surface area contributed by atoms with Crippen molar-refractivity contribution in [3.05, 3.63) is 23.8 Å². The molecule has 144 valence electrons. The minimum Gasteiger partial charge on any atom is -0.459 e. The van der Waals surface area contributed by atoms with Gasteiger partial charge >= 0.3 is 5.97 Å². The highest BCUT2D eigenvalue weighted by Crippen LogP contribution is 2.33. The van der Waals surface area contributed by atoms with Gasteiger partial charge in [0.25, 0.3) is 0 Å². The first-order valence-electron chi connectivity index (χ1n) is 9.15. The van der Waals surface area contributed by atoms with Crippen LogP contribution >= 0.6 is 0 Å². The standard InChI is InChI=1S/C20H29NO5/c1-6-19(23)26-20(4,5)12-18(22)21(7-2)14(3)10-15-8-9-16-17(11-15)25-13-24-16/h8-9,11,14H,6-7,10,12-13H2,1-5H3. The predicted molar refractivity (Wildman–Crippen MR) is 98.2 cm³/mol. The summed E-state index contributed by atoms with van der Waals surface area (Å²) in [6.45, 7) is 10.1. The van der Waals surface area contributed by atoms with Gasteiger partial charge in [-0.05, 0) is 51.8 Å². The van der Waals surface area contributed by atoms with E-state index in [9.17, 15) is 9.59 Å². The number of nitrogens with zero attached hydrogens (tertiary/aromatic N) is 1. The van der Waals surface area contributed by atoms with Crippen molar-refractivity contribution >= 4 is 11.9 Å². The number of hydrogen-bond donors (Lipinski definition) is 0. The van der Waals surface area contributed by atoms with E-state index in [1.807, 2.05) is 36.9 Å². The third-order valence-electron chi connectivity index (χ3n) is 4.42. The van der Waals surface area contributed by atoms with Crippen LogP contribution in [0.1, 0.15) is 53.0 Å². The first kappa shape index (κ1) is 20.1. The van der Waals surface area contributed by atoms with Gasteiger partial charge in [-0.2, -0.15) is 0 Å². The smallest absolute Gasteiger partial charge is 0.306 e. The Labute approximate surface area is 155 Å². The molecule has 0 saturated heterocycles. The molecule has 0 spiro atoms. The Kier molecular flexibility index (Phi) is 6.51. The second kappa shape index (κ2) is 8.43. The fourth-order valence-corrected chi connectivity index (χ4v) is 3.14. The second-order valence-corrected chi connectivity index (χ2v) is 7.18. The molecule has 6 nitrogen and oxygen atoms in total. The summed E-state index contributed by atoms with van der Waals surface area (Å²) < 4.78 is 16.1. The van der Waals surface area contributed by atoms with Crippen LogP contribution in [-0.2, 0) is 20.7 Å². The minimum atomic E-state index is -0.809. The molecule has 0 fully saturated rings. The zero-order valence-electron chi connectivity index (χ0n) is 16.3. The maximum Gasteiger partial charge on any atom is 0.306 e. The van der Waals surface area contributed by atoms with Gasteiger partial charge in [0, 0.05) is 19.0 Å². The summed E-state index contributed by atoms with van der Waals surface area (Å²) in [6, 6.07) is 5.88. The Morgan fingerprint density at radius 2 is 1.92 bits per heavy atom. The van der Waals surface area contributed by atoms with Crippen LogP contribution in [0.3, 0.4) is 0 Å². The lowest BCUT2D eigenvalue weighted by molar-refractivity contribution is -0.159. The molecule has 1 aliphatic rings. The van der Waals surface area contributed by atoms with Crippen LogP contribution in [0.25, 0.3) is 0 Å². The second-order valence-electron chi connectivity index (χ2n) is 7.18. The average Bonchev–Trinajstić information content (AvgIpc) is 3.01. The lowest BCUT2D eigenvalue weighted by Crippen LogP contribution is -2.43. The van der Waals surface area contributed by atoms with Gasteiger partial charge in [0.05, 0.1) is 6.42 Å². The van der Waals surface area contributed by atoms with Crippen molar-refractivity contribution < 1.29 is 23.8 Å². The van der Waals surface area contributed by atoms with Gasteiger partial charge < -0.3 is 19.1 Å². The van der Waals surface area contributed by atoms with Crippen LogP contribution in [0.2, 0.25) is 0 Å². The number of rotatable bonds is 8. The Hall–Kier alpha value is -2.24. The van der Waals surface area contributed by atoms with Crippen LogP contribution in [0, 0.1) is 0 Å². The van der Waals surface area contributed by atoms with E-state index in [1.54, 1.807) is 20.8 Å². The topological polar surface area (TPSA) is 65.1 Å². The summed E-state index contributed by atoms with van der Waals surface area (Å²) in [6.07, 6.45) is 1.18. The minimum absolute atomic E-state index is 0.0188. The van der Waals surface area contributed by atoms with Crippen molar-refractivity contribution in [3.63, 3.8) is 0 Å². The molecule has 2 rings (SSSR count). The van der Waals surface area contributed by atoms with Gasteiger partial charge in [-0.15, -0.1) is 0 Å². The summed E-state index contributed by atoms with van der Waals surface area (Å²) in [5.74, 6) is 1.19. The molecule has 6 heteroatoms. The molecule has 1 heterocycles. The van der Waals surface area contributed by atoms with E-state index >= 15 is 0 Å². The van der Waals surface area contributed by atoms with Gasteiger partial charge in [0.15, 0.2) is 11.5 Å². The first-order valence-corrected chi connectivity index (χ1v) is 9.15. The fourth-order valence-electron chi connectivity index (χ4n) is 3.14. The molecular weight excluding hydrogens is 334 g/mol.